The molecular formula is C21H21FN2O2. The van der Waals surface area contributed by atoms with Crippen molar-refractivity contribution in [2.45, 2.75) is 13.8 Å². The summed E-state index contributed by atoms with van der Waals surface area (Å²) in [4.78, 5) is 18.1. The molecular weight excluding hydrogens is 331 g/mol. The zero-order valence-electron chi connectivity index (χ0n) is 15.0. The number of rotatable bonds is 5. The zero-order chi connectivity index (χ0) is 18.8. The van der Waals surface area contributed by atoms with E-state index in [9.17, 15) is 14.3 Å². The molecule has 1 aromatic heterocycles. The van der Waals surface area contributed by atoms with Crippen LogP contribution in [0.5, 0.6) is 0 Å². The van der Waals surface area contributed by atoms with Crippen molar-refractivity contribution in [1.82, 2.24) is 4.98 Å². The Balaban J connectivity index is 2.21. The van der Waals surface area contributed by atoms with Gasteiger partial charge in [0.1, 0.15) is 5.82 Å². The van der Waals surface area contributed by atoms with E-state index >= 15 is 0 Å². The highest BCUT2D eigenvalue weighted by atomic mass is 19.1. The summed E-state index contributed by atoms with van der Waals surface area (Å²) in [6.07, 6.45) is 0. The van der Waals surface area contributed by atoms with Crippen LogP contribution < -0.4 is 4.90 Å². The van der Waals surface area contributed by atoms with Gasteiger partial charge in [-0.2, -0.15) is 0 Å². The fourth-order valence-corrected chi connectivity index (χ4v) is 3.06. The van der Waals surface area contributed by atoms with Crippen molar-refractivity contribution in [3.05, 3.63) is 59.9 Å². The summed E-state index contributed by atoms with van der Waals surface area (Å²) >= 11 is 0. The first-order chi connectivity index (χ1) is 12.3. The van der Waals surface area contributed by atoms with E-state index in [0.717, 1.165) is 28.9 Å². The Kier molecular flexibility index (Phi) is 4.89. The molecule has 134 valence electrons. The molecule has 1 N–H and O–H groups in total. The molecule has 0 amide bonds. The zero-order valence-corrected chi connectivity index (χ0v) is 15.0. The number of nitrogens with zero attached hydrogens (tertiary/aromatic N) is 2. The summed E-state index contributed by atoms with van der Waals surface area (Å²) < 4.78 is 13.3. The maximum atomic E-state index is 13.3. The summed E-state index contributed by atoms with van der Waals surface area (Å²) in [5.74, 6) is -0.813. The number of aromatic carboxylic acids is 1. The molecule has 26 heavy (non-hydrogen) atoms. The molecule has 5 heteroatoms. The summed E-state index contributed by atoms with van der Waals surface area (Å²) in [7, 11) is 1.98. The Bertz CT molecular complexity index is 952. The van der Waals surface area contributed by atoms with Crippen molar-refractivity contribution in [2.75, 3.05) is 18.5 Å². The van der Waals surface area contributed by atoms with Crippen molar-refractivity contribution in [2.24, 2.45) is 5.92 Å². The maximum Gasteiger partial charge on any atom is 0.335 e. The predicted molar refractivity (Wildman–Crippen MR) is 102 cm³/mol. The first-order valence-electron chi connectivity index (χ1n) is 8.50. The fraction of sp³-hybridized carbons (Fsp3) is 0.238. The van der Waals surface area contributed by atoms with Gasteiger partial charge in [0.2, 0.25) is 0 Å². The molecule has 0 aliphatic rings. The molecule has 0 aliphatic heterocycles. The average molecular weight is 352 g/mol. The average Bonchev–Trinajstić information content (AvgIpc) is 2.60. The number of hydrogen-bond donors (Lipinski definition) is 1. The summed E-state index contributed by atoms with van der Waals surface area (Å²) in [5.41, 5.74) is 3.40. The van der Waals surface area contributed by atoms with Crippen LogP contribution in [0.3, 0.4) is 0 Å². The van der Waals surface area contributed by atoms with Crippen molar-refractivity contribution in [1.29, 1.82) is 0 Å². The van der Waals surface area contributed by atoms with E-state index in [1.807, 2.05) is 13.1 Å². The molecule has 3 aromatic rings. The Labute approximate surface area is 151 Å². The number of carboxylic acids is 1. The van der Waals surface area contributed by atoms with Gasteiger partial charge in [0.05, 0.1) is 22.5 Å². The topological polar surface area (TPSA) is 53.4 Å². The number of carboxylic acid groups (broad SMARTS) is 1. The molecule has 0 spiro atoms. The van der Waals surface area contributed by atoms with Gasteiger partial charge in [-0.15, -0.1) is 0 Å². The number of carbonyl (C=O) groups is 1. The van der Waals surface area contributed by atoms with Crippen LogP contribution in [0.4, 0.5) is 10.1 Å². The Morgan fingerprint density at radius 2 is 1.85 bits per heavy atom. The molecule has 0 saturated heterocycles. The Hall–Kier alpha value is -2.95. The van der Waals surface area contributed by atoms with Gasteiger partial charge in [-0.3, -0.25) is 0 Å². The fourth-order valence-electron chi connectivity index (χ4n) is 3.06. The highest BCUT2D eigenvalue weighted by Gasteiger charge is 2.15. The molecule has 4 nitrogen and oxygen atoms in total. The minimum Gasteiger partial charge on any atom is -0.478 e. The standard InChI is InChI=1S/C21H21FN2O2/c1-13(2)12-24(3)19-11-16-10-15(21(25)26)6-9-18(16)23-20(19)14-4-7-17(22)8-5-14/h4-11,13H,12H2,1-3H3,(H,25,26). The first kappa shape index (κ1) is 17.9. The number of benzene rings is 2. The van der Waals surface area contributed by atoms with Gasteiger partial charge in [0.15, 0.2) is 0 Å². The Morgan fingerprint density at radius 3 is 2.46 bits per heavy atom. The van der Waals surface area contributed by atoms with Crippen LogP contribution in [0.1, 0.15) is 24.2 Å². The van der Waals surface area contributed by atoms with E-state index in [2.05, 4.69) is 18.7 Å². The molecule has 0 bridgehead atoms. The molecule has 0 fully saturated rings. The summed E-state index contributed by atoms with van der Waals surface area (Å²) in [6.45, 7) is 5.08. The normalized spacial score (nSPS) is 11.1. The van der Waals surface area contributed by atoms with Crippen LogP contribution in [-0.4, -0.2) is 29.7 Å². The van der Waals surface area contributed by atoms with E-state index in [4.69, 9.17) is 4.98 Å². The van der Waals surface area contributed by atoms with Crippen LogP contribution in [-0.2, 0) is 0 Å². The third-order valence-corrected chi connectivity index (χ3v) is 4.21. The quantitative estimate of drug-likeness (QED) is 0.714. The number of fused-ring (bicyclic) bond motifs is 1. The van der Waals surface area contributed by atoms with E-state index in [0.29, 0.717) is 11.4 Å². The molecule has 0 radical (unpaired) electrons. The van der Waals surface area contributed by atoms with E-state index < -0.39 is 5.97 Å². The third kappa shape index (κ3) is 3.67. The van der Waals surface area contributed by atoms with Crippen LogP contribution in [0.25, 0.3) is 22.2 Å². The van der Waals surface area contributed by atoms with Crippen LogP contribution >= 0.6 is 0 Å². The lowest BCUT2D eigenvalue weighted by Gasteiger charge is -2.24. The molecule has 1 heterocycles. The summed E-state index contributed by atoms with van der Waals surface area (Å²) in [6, 6.07) is 13.1. The minimum atomic E-state index is -0.966. The second kappa shape index (κ2) is 7.12. The van der Waals surface area contributed by atoms with Gasteiger partial charge < -0.3 is 10.0 Å². The Morgan fingerprint density at radius 1 is 1.15 bits per heavy atom. The number of halogens is 1. The number of anilines is 1. The minimum absolute atomic E-state index is 0.228. The second-order valence-corrected chi connectivity index (χ2v) is 6.85. The van der Waals surface area contributed by atoms with Crippen molar-refractivity contribution >= 4 is 22.6 Å². The molecule has 3 rings (SSSR count). The van der Waals surface area contributed by atoms with Crippen molar-refractivity contribution in [3.8, 4) is 11.3 Å². The SMILES string of the molecule is CC(C)CN(C)c1cc2cc(C(=O)O)ccc2nc1-c1ccc(F)cc1. The largest absolute Gasteiger partial charge is 0.478 e. The van der Waals surface area contributed by atoms with Gasteiger partial charge in [0, 0.05) is 24.5 Å². The van der Waals surface area contributed by atoms with Crippen LogP contribution in [0.15, 0.2) is 48.5 Å². The van der Waals surface area contributed by atoms with Gasteiger partial charge in [-0.1, -0.05) is 13.8 Å². The van der Waals surface area contributed by atoms with Crippen LogP contribution in [0, 0.1) is 11.7 Å². The lowest BCUT2D eigenvalue weighted by atomic mass is 10.0. The van der Waals surface area contributed by atoms with E-state index in [1.54, 1.807) is 30.3 Å². The number of aromatic nitrogens is 1. The molecule has 0 atom stereocenters. The summed E-state index contributed by atoms with van der Waals surface area (Å²) in [5, 5.41) is 10.00. The lowest BCUT2D eigenvalue weighted by molar-refractivity contribution is 0.0697. The highest BCUT2D eigenvalue weighted by molar-refractivity contribution is 5.96. The lowest BCUT2D eigenvalue weighted by Crippen LogP contribution is -2.23. The van der Waals surface area contributed by atoms with Crippen LogP contribution in [0.2, 0.25) is 0 Å². The van der Waals surface area contributed by atoms with Crippen molar-refractivity contribution in [3.63, 3.8) is 0 Å². The molecule has 0 saturated carbocycles. The monoisotopic (exact) mass is 352 g/mol. The smallest absolute Gasteiger partial charge is 0.335 e. The van der Waals surface area contributed by atoms with Gasteiger partial charge in [-0.05, 0) is 54.4 Å². The first-order valence-corrected chi connectivity index (χ1v) is 8.50. The molecule has 0 unspecified atom stereocenters. The number of hydrogen-bond acceptors (Lipinski definition) is 3. The molecule has 0 aliphatic carbocycles. The maximum absolute atomic E-state index is 13.3. The second-order valence-electron chi connectivity index (χ2n) is 6.85. The van der Waals surface area contributed by atoms with Gasteiger partial charge in [0.25, 0.3) is 0 Å². The van der Waals surface area contributed by atoms with Gasteiger partial charge in [-0.25, -0.2) is 14.2 Å². The third-order valence-electron chi connectivity index (χ3n) is 4.21. The predicted octanol–water partition coefficient (Wildman–Crippen LogP) is 4.83. The number of pyridine rings is 1. The molecule has 2 aromatic carbocycles. The van der Waals surface area contributed by atoms with Crippen molar-refractivity contribution < 1.29 is 14.3 Å². The van der Waals surface area contributed by atoms with E-state index in [1.165, 1.54) is 12.1 Å². The van der Waals surface area contributed by atoms with E-state index in [-0.39, 0.29) is 11.4 Å². The highest BCUT2D eigenvalue weighted by Crippen LogP contribution is 2.32. The van der Waals surface area contributed by atoms with Gasteiger partial charge >= 0.3 is 5.97 Å².